The largest absolute Gasteiger partial charge is 0.477 e. The molecule has 1 aromatic heterocycles. The van der Waals surface area contributed by atoms with Gasteiger partial charge in [0, 0.05) is 37.3 Å². The van der Waals surface area contributed by atoms with Gasteiger partial charge in [-0.1, -0.05) is 11.6 Å². The lowest BCUT2D eigenvalue weighted by Crippen LogP contribution is -2.40. The third-order valence-corrected chi connectivity index (χ3v) is 4.07. The zero-order valence-electron chi connectivity index (χ0n) is 13.6. The average Bonchev–Trinajstić information content (AvgIpc) is 2.59. The van der Waals surface area contributed by atoms with E-state index in [2.05, 4.69) is 4.98 Å². The molecule has 2 N–H and O–H groups in total. The Labute approximate surface area is 146 Å². The highest BCUT2D eigenvalue weighted by molar-refractivity contribution is 6.30. The Morgan fingerprint density at radius 1 is 1.46 bits per heavy atom. The number of ether oxygens (including phenoxy) is 1. The molecular formula is C17H21ClN4O2. The number of pyridine rings is 1. The number of nitrogens with one attached hydrogen (secondary N) is 2. The predicted molar refractivity (Wildman–Crippen MR) is 94.3 cm³/mol. The van der Waals surface area contributed by atoms with Crippen molar-refractivity contribution in [2.24, 2.45) is 5.92 Å². The molecule has 0 aromatic carbocycles. The second kappa shape index (κ2) is 8.59. The minimum absolute atomic E-state index is 0.185. The van der Waals surface area contributed by atoms with E-state index in [0.29, 0.717) is 36.5 Å². The van der Waals surface area contributed by atoms with E-state index in [1.165, 1.54) is 6.08 Å². The van der Waals surface area contributed by atoms with Crippen LogP contribution in [0.4, 0.5) is 0 Å². The number of carbonyl (C=O) groups is 1. The Hall–Kier alpha value is -2.21. The standard InChI is InChI=1S/C17H21ClN4O2/c1-12(20)8-14(9-19)17(23)22-6-4-13(5-7-22)11-24-16-3-2-15(18)10-21-16/h2-3,8-10,13,19-20H,4-7,11H2,1H3/b14-8+,19-9?,20-12?. The van der Waals surface area contributed by atoms with Crippen LogP contribution in [0.15, 0.2) is 30.0 Å². The van der Waals surface area contributed by atoms with Crippen molar-refractivity contribution in [2.45, 2.75) is 19.8 Å². The molecule has 24 heavy (non-hydrogen) atoms. The van der Waals surface area contributed by atoms with Crippen molar-refractivity contribution in [3.05, 3.63) is 35.0 Å². The van der Waals surface area contributed by atoms with Crippen LogP contribution in [-0.4, -0.2) is 47.4 Å². The highest BCUT2D eigenvalue weighted by Gasteiger charge is 2.24. The van der Waals surface area contributed by atoms with Crippen molar-refractivity contribution in [3.63, 3.8) is 0 Å². The Balaban J connectivity index is 1.82. The fourth-order valence-electron chi connectivity index (χ4n) is 2.53. The topological polar surface area (TPSA) is 90.1 Å². The second-order valence-corrected chi connectivity index (χ2v) is 6.22. The van der Waals surface area contributed by atoms with Gasteiger partial charge in [0.15, 0.2) is 0 Å². The van der Waals surface area contributed by atoms with E-state index in [-0.39, 0.29) is 17.2 Å². The first-order valence-corrected chi connectivity index (χ1v) is 8.18. The molecule has 2 heterocycles. The molecule has 6 nitrogen and oxygen atoms in total. The lowest BCUT2D eigenvalue weighted by atomic mass is 9.97. The smallest absolute Gasteiger partial charge is 0.255 e. The predicted octanol–water partition coefficient (Wildman–Crippen LogP) is 2.97. The zero-order chi connectivity index (χ0) is 17.5. The number of amides is 1. The molecule has 1 aliphatic heterocycles. The van der Waals surface area contributed by atoms with Crippen molar-refractivity contribution in [2.75, 3.05) is 19.7 Å². The van der Waals surface area contributed by atoms with E-state index in [1.807, 2.05) is 0 Å². The first-order chi connectivity index (χ1) is 11.5. The number of hydrogen-bond donors (Lipinski definition) is 2. The maximum Gasteiger partial charge on any atom is 0.255 e. The summed E-state index contributed by atoms with van der Waals surface area (Å²) in [4.78, 5) is 18.2. The molecule has 0 saturated carbocycles. The third-order valence-electron chi connectivity index (χ3n) is 3.84. The van der Waals surface area contributed by atoms with Crippen LogP contribution in [0.2, 0.25) is 5.02 Å². The van der Waals surface area contributed by atoms with Crippen LogP contribution in [0.25, 0.3) is 0 Å². The average molecular weight is 349 g/mol. The van der Waals surface area contributed by atoms with E-state index >= 15 is 0 Å². The van der Waals surface area contributed by atoms with Gasteiger partial charge in [-0.05, 0) is 37.8 Å². The molecule has 128 valence electrons. The number of piperidine rings is 1. The fraction of sp³-hybridized carbons (Fsp3) is 0.412. The molecule has 1 fully saturated rings. The van der Waals surface area contributed by atoms with Gasteiger partial charge in [-0.15, -0.1) is 0 Å². The van der Waals surface area contributed by atoms with Crippen LogP contribution >= 0.6 is 11.6 Å². The lowest BCUT2D eigenvalue weighted by Gasteiger charge is -2.32. The Morgan fingerprint density at radius 2 is 2.17 bits per heavy atom. The van der Waals surface area contributed by atoms with E-state index in [4.69, 9.17) is 27.2 Å². The van der Waals surface area contributed by atoms with E-state index in [0.717, 1.165) is 19.1 Å². The van der Waals surface area contributed by atoms with Gasteiger partial charge in [-0.25, -0.2) is 4.98 Å². The highest BCUT2D eigenvalue weighted by atomic mass is 35.5. The Bertz CT molecular complexity index is 634. The molecule has 1 amide bonds. The molecule has 0 bridgehead atoms. The summed E-state index contributed by atoms with van der Waals surface area (Å²) in [5.41, 5.74) is 0.517. The quantitative estimate of drug-likeness (QED) is 0.611. The molecule has 0 spiro atoms. The number of nitrogens with zero attached hydrogens (tertiary/aromatic N) is 2. The monoisotopic (exact) mass is 348 g/mol. The molecule has 0 atom stereocenters. The molecule has 1 aliphatic rings. The minimum Gasteiger partial charge on any atom is -0.477 e. The van der Waals surface area contributed by atoms with Gasteiger partial charge in [0.25, 0.3) is 5.91 Å². The molecule has 7 heteroatoms. The van der Waals surface area contributed by atoms with Crippen LogP contribution in [0, 0.1) is 16.7 Å². The number of allylic oxidation sites excluding steroid dienone is 1. The summed E-state index contributed by atoms with van der Waals surface area (Å²) in [6.07, 6.45) is 5.68. The zero-order valence-corrected chi connectivity index (χ0v) is 14.3. The number of halogens is 1. The Kier molecular flexibility index (Phi) is 6.49. The number of likely N-dealkylation sites (tertiary alicyclic amines) is 1. The summed E-state index contributed by atoms with van der Waals surface area (Å²) in [7, 11) is 0. The summed E-state index contributed by atoms with van der Waals surface area (Å²) in [5, 5.41) is 15.4. The van der Waals surface area contributed by atoms with Crippen molar-refractivity contribution in [1.82, 2.24) is 9.88 Å². The summed E-state index contributed by atoms with van der Waals surface area (Å²) in [6.45, 7) is 3.40. The van der Waals surface area contributed by atoms with E-state index in [1.54, 1.807) is 30.2 Å². The number of rotatable bonds is 6. The van der Waals surface area contributed by atoms with Gasteiger partial charge in [-0.3, -0.25) is 4.79 Å². The number of carbonyl (C=O) groups excluding carboxylic acids is 1. The molecule has 1 saturated heterocycles. The first-order valence-electron chi connectivity index (χ1n) is 7.80. The van der Waals surface area contributed by atoms with Gasteiger partial charge >= 0.3 is 0 Å². The maximum absolute atomic E-state index is 12.3. The SMILES string of the molecule is CC(=N)/C=C(\C=N)C(=O)N1CCC(COc2ccc(Cl)cn2)CC1. The fourth-order valence-corrected chi connectivity index (χ4v) is 2.65. The van der Waals surface area contributed by atoms with Crippen LogP contribution in [0.1, 0.15) is 19.8 Å². The van der Waals surface area contributed by atoms with Crippen LogP contribution in [0.5, 0.6) is 5.88 Å². The number of aromatic nitrogens is 1. The Morgan fingerprint density at radius 3 is 2.71 bits per heavy atom. The van der Waals surface area contributed by atoms with Crippen molar-refractivity contribution >= 4 is 29.4 Å². The lowest BCUT2D eigenvalue weighted by molar-refractivity contribution is -0.128. The summed E-state index contributed by atoms with van der Waals surface area (Å²) >= 11 is 5.79. The molecule has 1 aromatic rings. The first kappa shape index (κ1) is 18.1. The van der Waals surface area contributed by atoms with Gasteiger partial charge in [0.1, 0.15) is 0 Å². The van der Waals surface area contributed by atoms with Crippen molar-refractivity contribution < 1.29 is 9.53 Å². The second-order valence-electron chi connectivity index (χ2n) is 5.79. The van der Waals surface area contributed by atoms with Crippen molar-refractivity contribution in [1.29, 1.82) is 10.8 Å². The summed E-state index contributed by atoms with van der Waals surface area (Å²) < 4.78 is 5.67. The molecule has 0 radical (unpaired) electrons. The van der Waals surface area contributed by atoms with E-state index in [9.17, 15) is 4.79 Å². The summed E-state index contributed by atoms with van der Waals surface area (Å²) in [5.74, 6) is 0.729. The maximum atomic E-state index is 12.3. The molecular weight excluding hydrogens is 328 g/mol. The van der Waals surface area contributed by atoms with Gasteiger partial charge in [0.2, 0.25) is 5.88 Å². The minimum atomic E-state index is -0.185. The third kappa shape index (κ3) is 5.16. The van der Waals surface area contributed by atoms with Crippen LogP contribution in [0.3, 0.4) is 0 Å². The van der Waals surface area contributed by atoms with Crippen LogP contribution < -0.4 is 4.74 Å². The summed E-state index contributed by atoms with van der Waals surface area (Å²) in [6, 6.07) is 3.48. The van der Waals surface area contributed by atoms with Gasteiger partial charge in [-0.2, -0.15) is 0 Å². The van der Waals surface area contributed by atoms with Gasteiger partial charge in [0.05, 0.1) is 17.2 Å². The highest BCUT2D eigenvalue weighted by Crippen LogP contribution is 2.20. The van der Waals surface area contributed by atoms with Crippen molar-refractivity contribution in [3.8, 4) is 5.88 Å². The molecule has 2 rings (SSSR count). The number of hydrogen-bond acceptors (Lipinski definition) is 5. The van der Waals surface area contributed by atoms with Crippen LogP contribution in [-0.2, 0) is 4.79 Å². The molecule has 0 unspecified atom stereocenters. The normalized spacial score (nSPS) is 15.9. The van der Waals surface area contributed by atoms with E-state index < -0.39 is 0 Å². The molecule has 0 aliphatic carbocycles. The van der Waals surface area contributed by atoms with Gasteiger partial charge < -0.3 is 20.5 Å².